The number of aliphatic hydroxyl groups is 6. The van der Waals surface area contributed by atoms with E-state index in [0.29, 0.717) is 6.42 Å². The molecule has 0 spiro atoms. The first-order valence-electron chi connectivity index (χ1n) is 14.3. The lowest BCUT2D eigenvalue weighted by Gasteiger charge is -2.48. The van der Waals surface area contributed by atoms with Crippen molar-refractivity contribution in [3.8, 4) is 0 Å². The molecule has 2 aliphatic heterocycles. The second-order valence-corrected chi connectivity index (χ2v) is 13.0. The number of hydrogen-bond donors (Lipinski definition) is 10. The van der Waals surface area contributed by atoms with Crippen molar-refractivity contribution in [3.63, 3.8) is 0 Å². The molecule has 0 radical (unpaired) electrons. The van der Waals surface area contributed by atoms with Crippen molar-refractivity contribution in [2.75, 3.05) is 18.9 Å². The van der Waals surface area contributed by atoms with Gasteiger partial charge in [-0.15, -0.1) is 0 Å². The Balaban J connectivity index is 1.67. The summed E-state index contributed by atoms with van der Waals surface area (Å²) >= 11 is 0. The summed E-state index contributed by atoms with van der Waals surface area (Å²) in [6.07, 6.45) is -14.6. The second kappa shape index (κ2) is 15.6. The first kappa shape index (κ1) is 35.8. The van der Waals surface area contributed by atoms with E-state index in [1.54, 1.807) is 0 Å². The number of rotatable bonds is 13. The Hall–Kier alpha value is -0.650. The summed E-state index contributed by atoms with van der Waals surface area (Å²) in [5, 5.41) is 62.9. The van der Waals surface area contributed by atoms with Gasteiger partial charge >= 0.3 is 0 Å². The molecule has 1 saturated carbocycles. The van der Waals surface area contributed by atoms with Gasteiger partial charge in [0.1, 0.15) is 61.0 Å². The minimum atomic E-state index is -3.92. The van der Waals surface area contributed by atoms with E-state index in [4.69, 9.17) is 46.1 Å². The van der Waals surface area contributed by atoms with Crippen molar-refractivity contribution in [2.45, 2.75) is 131 Å². The number of unbranched alkanes of at least 4 members (excludes halogenated alkanes) is 3. The predicted octanol–water partition coefficient (Wildman–Crippen LogP) is -5.36. The van der Waals surface area contributed by atoms with Crippen LogP contribution in [0.2, 0.25) is 0 Å². The molecule has 0 aromatic heterocycles. The maximum absolute atomic E-state index is 12.3. The van der Waals surface area contributed by atoms with Crippen molar-refractivity contribution in [1.82, 2.24) is 0 Å². The molecule has 0 bridgehead atoms. The van der Waals surface area contributed by atoms with Crippen LogP contribution in [0, 0.1) is 0 Å². The van der Waals surface area contributed by atoms with Crippen LogP contribution in [0.1, 0.15) is 39.0 Å². The molecule has 0 aromatic rings. The Labute approximate surface area is 245 Å². The molecule has 2 saturated heterocycles. The highest BCUT2D eigenvalue weighted by atomic mass is 32.2. The van der Waals surface area contributed by atoms with Crippen LogP contribution in [0.25, 0.3) is 0 Å². The molecule has 2 heterocycles. The summed E-state index contributed by atoms with van der Waals surface area (Å²) in [6.45, 7) is 1.20. The van der Waals surface area contributed by atoms with E-state index >= 15 is 0 Å². The topological polar surface area (TPSA) is 306 Å². The molecule has 0 amide bonds. The van der Waals surface area contributed by atoms with Gasteiger partial charge in [0, 0.05) is 18.6 Å². The number of nitrogens with two attached hydrogens (primary N) is 4. The van der Waals surface area contributed by atoms with Crippen LogP contribution in [-0.2, 0) is 33.2 Å². The highest BCUT2D eigenvalue weighted by molar-refractivity contribution is 7.86. The molecule has 17 nitrogen and oxygen atoms in total. The van der Waals surface area contributed by atoms with E-state index in [2.05, 4.69) is 0 Å². The summed E-state index contributed by atoms with van der Waals surface area (Å²) in [6, 6.07) is -3.13. The van der Waals surface area contributed by atoms with Crippen LogP contribution in [0.15, 0.2) is 0 Å². The first-order valence-corrected chi connectivity index (χ1v) is 15.8. The zero-order valence-corrected chi connectivity index (χ0v) is 24.4. The van der Waals surface area contributed by atoms with E-state index in [9.17, 15) is 39.1 Å². The first-order chi connectivity index (χ1) is 19.7. The molecule has 14 N–H and O–H groups in total. The van der Waals surface area contributed by atoms with Crippen LogP contribution in [0.4, 0.5) is 0 Å². The van der Waals surface area contributed by atoms with Gasteiger partial charge in [-0.3, -0.25) is 4.18 Å². The SMILES string of the molecule is CCCCCCS(=O)(=O)OC[C@H]1OC(O[C@@H]2[C@@H](O)[C@H](O[C@H]3O[C@H](CN)[C@@H](O)[C@H](O)[C@H]3O)[C@@H](N)C[C@H]2N)[C@H](O)[C@@H](N)[C@@H]1O. The van der Waals surface area contributed by atoms with Crippen LogP contribution in [0.3, 0.4) is 0 Å². The number of aliphatic hydroxyl groups excluding tert-OH is 6. The van der Waals surface area contributed by atoms with Crippen LogP contribution >= 0.6 is 0 Å². The third-order valence-electron chi connectivity index (χ3n) is 7.96. The monoisotopic (exact) mass is 632 g/mol. The molecular formula is C24H48N4O13S. The van der Waals surface area contributed by atoms with Crippen molar-refractivity contribution < 1.29 is 62.2 Å². The van der Waals surface area contributed by atoms with Crippen molar-refractivity contribution in [2.24, 2.45) is 22.9 Å². The maximum atomic E-state index is 12.3. The Kier molecular flexibility index (Phi) is 13.3. The van der Waals surface area contributed by atoms with Crippen molar-refractivity contribution in [1.29, 1.82) is 0 Å². The summed E-state index contributed by atoms with van der Waals surface area (Å²) in [5.41, 5.74) is 23.9. The highest BCUT2D eigenvalue weighted by Crippen LogP contribution is 2.31. The quantitative estimate of drug-likeness (QED) is 0.0669. The fraction of sp³-hybridized carbons (Fsp3) is 1.00. The van der Waals surface area contributed by atoms with E-state index in [-0.39, 0.29) is 18.7 Å². The molecule has 1 aliphatic carbocycles. The zero-order valence-electron chi connectivity index (χ0n) is 23.6. The minimum absolute atomic E-state index is 0.0288. The standard InChI is InChI=1S/C24H48N4O13S/c1-2-3-4-5-6-42(35,36)37-9-13-15(29)14(28)17(31)23(39-13)40-21-10(26)7-11(27)22(20(21)34)41-24-19(33)18(32)16(30)12(8-25)38-24/h10-24,29-34H,2-9,25-28H2,1H3/t10-,11+,12-,13-,14+,15-,16-,17-,18+,19-,20-,21+,22-,23?,24-/m1/s1. The summed E-state index contributed by atoms with van der Waals surface area (Å²) in [5.74, 6) is -0.212. The van der Waals surface area contributed by atoms with Gasteiger partial charge in [-0.2, -0.15) is 8.42 Å². The molecular weight excluding hydrogens is 584 g/mol. The fourth-order valence-corrected chi connectivity index (χ4v) is 6.34. The average Bonchev–Trinajstić information content (AvgIpc) is 2.94. The van der Waals surface area contributed by atoms with E-state index in [1.807, 2.05) is 6.92 Å². The Bertz CT molecular complexity index is 936. The Morgan fingerprint density at radius 1 is 0.738 bits per heavy atom. The van der Waals surface area contributed by atoms with E-state index < -0.39 is 108 Å². The van der Waals surface area contributed by atoms with Gasteiger partial charge in [0.05, 0.1) is 18.4 Å². The summed E-state index contributed by atoms with van der Waals surface area (Å²) in [7, 11) is -3.92. The molecule has 18 heteroatoms. The van der Waals surface area contributed by atoms with Crippen LogP contribution in [-0.4, -0.2) is 150 Å². The van der Waals surface area contributed by atoms with Gasteiger partial charge in [-0.05, 0) is 12.8 Å². The highest BCUT2D eigenvalue weighted by Gasteiger charge is 2.51. The Morgan fingerprint density at radius 2 is 1.31 bits per heavy atom. The molecule has 3 fully saturated rings. The van der Waals surface area contributed by atoms with Crippen LogP contribution in [0.5, 0.6) is 0 Å². The van der Waals surface area contributed by atoms with Gasteiger partial charge in [-0.1, -0.05) is 26.2 Å². The minimum Gasteiger partial charge on any atom is -0.389 e. The predicted molar refractivity (Wildman–Crippen MR) is 145 cm³/mol. The third-order valence-corrected chi connectivity index (χ3v) is 9.25. The van der Waals surface area contributed by atoms with Gasteiger partial charge in [-0.25, -0.2) is 0 Å². The van der Waals surface area contributed by atoms with E-state index in [1.165, 1.54) is 0 Å². The van der Waals surface area contributed by atoms with Crippen molar-refractivity contribution in [3.05, 3.63) is 0 Å². The maximum Gasteiger partial charge on any atom is 0.267 e. The van der Waals surface area contributed by atoms with E-state index in [0.717, 1.165) is 19.3 Å². The normalized spacial score (nSPS) is 45.2. The molecule has 42 heavy (non-hydrogen) atoms. The largest absolute Gasteiger partial charge is 0.389 e. The molecule has 3 rings (SSSR count). The lowest BCUT2D eigenvalue weighted by molar-refractivity contribution is -0.331. The molecule has 3 aliphatic rings. The second-order valence-electron chi connectivity index (χ2n) is 11.2. The fourth-order valence-electron chi connectivity index (χ4n) is 5.32. The van der Waals surface area contributed by atoms with Gasteiger partial charge in [0.25, 0.3) is 10.1 Å². The third kappa shape index (κ3) is 8.53. The van der Waals surface area contributed by atoms with Crippen LogP contribution < -0.4 is 22.9 Å². The van der Waals surface area contributed by atoms with Gasteiger partial charge in [0.15, 0.2) is 12.6 Å². The molecule has 15 atom stereocenters. The summed E-state index contributed by atoms with van der Waals surface area (Å²) < 4.78 is 52.3. The molecule has 248 valence electrons. The van der Waals surface area contributed by atoms with Crippen molar-refractivity contribution >= 4 is 10.1 Å². The lowest BCUT2D eigenvalue weighted by Crippen LogP contribution is -2.68. The number of hydrogen-bond acceptors (Lipinski definition) is 17. The smallest absolute Gasteiger partial charge is 0.267 e. The zero-order chi connectivity index (χ0) is 31.4. The van der Waals surface area contributed by atoms with Gasteiger partial charge < -0.3 is 72.5 Å². The molecule has 0 aromatic carbocycles. The molecule has 1 unspecified atom stereocenters. The Morgan fingerprint density at radius 3 is 1.88 bits per heavy atom. The average molecular weight is 633 g/mol. The van der Waals surface area contributed by atoms with Gasteiger partial charge in [0.2, 0.25) is 0 Å². The summed E-state index contributed by atoms with van der Waals surface area (Å²) in [4.78, 5) is 0. The number of ether oxygens (including phenoxy) is 4. The lowest BCUT2D eigenvalue weighted by atomic mass is 9.84.